The predicted octanol–water partition coefficient (Wildman–Crippen LogP) is 3.35. The SMILES string of the molecule is CCC(C)(C)Cn1c(C)cc(C=O)c1C. The van der Waals surface area contributed by atoms with Gasteiger partial charge in [0.1, 0.15) is 0 Å². The average molecular weight is 207 g/mol. The van der Waals surface area contributed by atoms with Crippen LogP contribution in [0, 0.1) is 19.3 Å². The molecule has 0 unspecified atom stereocenters. The number of aldehydes is 1. The van der Waals surface area contributed by atoms with Gasteiger partial charge in [-0.3, -0.25) is 4.79 Å². The zero-order valence-electron chi connectivity index (χ0n) is 10.4. The number of aryl methyl sites for hydroxylation is 1. The minimum Gasteiger partial charge on any atom is -0.348 e. The molecule has 0 aliphatic rings. The quantitative estimate of drug-likeness (QED) is 0.694. The van der Waals surface area contributed by atoms with Gasteiger partial charge in [0, 0.05) is 23.5 Å². The molecule has 0 saturated heterocycles. The van der Waals surface area contributed by atoms with Crippen LogP contribution in [0.1, 0.15) is 48.9 Å². The largest absolute Gasteiger partial charge is 0.348 e. The van der Waals surface area contributed by atoms with E-state index in [-0.39, 0.29) is 5.41 Å². The summed E-state index contributed by atoms with van der Waals surface area (Å²) in [5, 5.41) is 0. The monoisotopic (exact) mass is 207 g/mol. The molecule has 0 bridgehead atoms. The van der Waals surface area contributed by atoms with Gasteiger partial charge in [-0.1, -0.05) is 20.8 Å². The fraction of sp³-hybridized carbons (Fsp3) is 0.615. The van der Waals surface area contributed by atoms with Gasteiger partial charge in [-0.15, -0.1) is 0 Å². The molecule has 84 valence electrons. The highest BCUT2D eigenvalue weighted by molar-refractivity contribution is 5.77. The molecule has 0 spiro atoms. The molecule has 0 fully saturated rings. The van der Waals surface area contributed by atoms with Crippen molar-refractivity contribution < 1.29 is 4.79 Å². The van der Waals surface area contributed by atoms with Gasteiger partial charge in [0.25, 0.3) is 0 Å². The molecule has 15 heavy (non-hydrogen) atoms. The molecule has 0 radical (unpaired) electrons. The molecule has 2 nitrogen and oxygen atoms in total. The normalized spacial score (nSPS) is 11.8. The maximum Gasteiger partial charge on any atom is 0.151 e. The van der Waals surface area contributed by atoms with E-state index < -0.39 is 0 Å². The van der Waals surface area contributed by atoms with Crippen LogP contribution in [0.25, 0.3) is 0 Å². The van der Waals surface area contributed by atoms with Crippen LogP contribution < -0.4 is 0 Å². The van der Waals surface area contributed by atoms with E-state index in [1.54, 1.807) is 0 Å². The van der Waals surface area contributed by atoms with E-state index in [0.29, 0.717) is 0 Å². The molecule has 0 atom stereocenters. The first-order valence-corrected chi connectivity index (χ1v) is 5.53. The second-order valence-corrected chi connectivity index (χ2v) is 5.05. The first-order valence-electron chi connectivity index (χ1n) is 5.53. The fourth-order valence-corrected chi connectivity index (χ4v) is 1.73. The number of hydrogen-bond acceptors (Lipinski definition) is 1. The zero-order valence-corrected chi connectivity index (χ0v) is 10.4. The number of nitrogens with zero attached hydrogens (tertiary/aromatic N) is 1. The third kappa shape index (κ3) is 2.49. The second-order valence-electron chi connectivity index (χ2n) is 5.05. The molecule has 0 aliphatic heterocycles. The summed E-state index contributed by atoms with van der Waals surface area (Å²) in [5.41, 5.74) is 3.37. The van der Waals surface area contributed by atoms with Gasteiger partial charge in [-0.05, 0) is 31.7 Å². The van der Waals surface area contributed by atoms with Crippen molar-refractivity contribution in [1.29, 1.82) is 0 Å². The summed E-state index contributed by atoms with van der Waals surface area (Å²) in [7, 11) is 0. The van der Waals surface area contributed by atoms with Crippen molar-refractivity contribution in [2.24, 2.45) is 5.41 Å². The number of aromatic nitrogens is 1. The molecule has 0 N–H and O–H groups in total. The number of hydrogen-bond donors (Lipinski definition) is 0. The highest BCUT2D eigenvalue weighted by atomic mass is 16.1. The molecular formula is C13H21NO. The Bertz CT molecular complexity index is 361. The lowest BCUT2D eigenvalue weighted by atomic mass is 9.90. The Morgan fingerprint density at radius 3 is 2.40 bits per heavy atom. The van der Waals surface area contributed by atoms with Gasteiger partial charge in [0.05, 0.1) is 0 Å². The van der Waals surface area contributed by atoms with E-state index >= 15 is 0 Å². The topological polar surface area (TPSA) is 22.0 Å². The van der Waals surface area contributed by atoms with Gasteiger partial charge in [-0.2, -0.15) is 0 Å². The smallest absolute Gasteiger partial charge is 0.151 e. The molecule has 1 heterocycles. The van der Waals surface area contributed by atoms with Gasteiger partial charge in [-0.25, -0.2) is 0 Å². The van der Waals surface area contributed by atoms with Crippen LogP contribution in [0.5, 0.6) is 0 Å². The molecule has 0 amide bonds. The summed E-state index contributed by atoms with van der Waals surface area (Å²) >= 11 is 0. The summed E-state index contributed by atoms with van der Waals surface area (Å²) in [6, 6.07) is 1.97. The van der Waals surface area contributed by atoms with Crippen LogP contribution in [-0.4, -0.2) is 10.9 Å². The third-order valence-electron chi connectivity index (χ3n) is 3.28. The zero-order chi connectivity index (χ0) is 11.6. The van der Waals surface area contributed by atoms with Gasteiger partial charge >= 0.3 is 0 Å². The van der Waals surface area contributed by atoms with E-state index in [1.807, 2.05) is 13.0 Å². The van der Waals surface area contributed by atoms with E-state index in [1.165, 1.54) is 5.69 Å². The minimum atomic E-state index is 0.286. The second kappa shape index (κ2) is 4.21. The van der Waals surface area contributed by atoms with Crippen LogP contribution >= 0.6 is 0 Å². The lowest BCUT2D eigenvalue weighted by molar-refractivity contribution is 0.112. The Morgan fingerprint density at radius 2 is 2.00 bits per heavy atom. The van der Waals surface area contributed by atoms with Crippen LogP contribution in [0.15, 0.2) is 6.07 Å². The van der Waals surface area contributed by atoms with Crippen molar-refractivity contribution in [2.45, 2.75) is 47.6 Å². The Morgan fingerprint density at radius 1 is 1.40 bits per heavy atom. The highest BCUT2D eigenvalue weighted by Gasteiger charge is 2.18. The maximum absolute atomic E-state index is 10.8. The lowest BCUT2D eigenvalue weighted by Gasteiger charge is -2.25. The third-order valence-corrected chi connectivity index (χ3v) is 3.28. The van der Waals surface area contributed by atoms with Crippen molar-refractivity contribution in [3.63, 3.8) is 0 Å². The van der Waals surface area contributed by atoms with Crippen molar-refractivity contribution >= 4 is 6.29 Å². The Balaban J connectivity index is 3.04. The summed E-state index contributed by atoms with van der Waals surface area (Å²) < 4.78 is 2.24. The summed E-state index contributed by atoms with van der Waals surface area (Å²) in [5.74, 6) is 0. The van der Waals surface area contributed by atoms with E-state index in [0.717, 1.165) is 30.5 Å². The van der Waals surface area contributed by atoms with Gasteiger partial charge in [0.15, 0.2) is 6.29 Å². The van der Waals surface area contributed by atoms with E-state index in [9.17, 15) is 4.79 Å². The van der Waals surface area contributed by atoms with Crippen molar-refractivity contribution in [2.75, 3.05) is 0 Å². The molecule has 0 saturated carbocycles. The molecular weight excluding hydrogens is 186 g/mol. The number of rotatable bonds is 4. The fourth-order valence-electron chi connectivity index (χ4n) is 1.73. The first kappa shape index (κ1) is 12.0. The summed E-state index contributed by atoms with van der Waals surface area (Å²) in [6.45, 7) is 11.8. The van der Waals surface area contributed by atoms with Gasteiger partial charge < -0.3 is 4.57 Å². The Labute approximate surface area is 92.3 Å². The van der Waals surface area contributed by atoms with Crippen LogP contribution in [-0.2, 0) is 6.54 Å². The molecule has 1 rings (SSSR count). The predicted molar refractivity (Wildman–Crippen MR) is 63.4 cm³/mol. The summed E-state index contributed by atoms with van der Waals surface area (Å²) in [6.07, 6.45) is 2.08. The lowest BCUT2D eigenvalue weighted by Crippen LogP contribution is -2.20. The molecule has 0 aliphatic carbocycles. The Hall–Kier alpha value is -1.05. The Kier molecular flexibility index (Phi) is 3.38. The standard InChI is InChI=1S/C13H21NO/c1-6-13(4,5)9-14-10(2)7-12(8-15)11(14)3/h7-8H,6,9H2,1-5H3. The molecule has 2 heteroatoms. The van der Waals surface area contributed by atoms with Crippen LogP contribution in [0.2, 0.25) is 0 Å². The maximum atomic E-state index is 10.8. The van der Waals surface area contributed by atoms with Crippen molar-refractivity contribution in [3.8, 4) is 0 Å². The van der Waals surface area contributed by atoms with Crippen LogP contribution in [0.4, 0.5) is 0 Å². The molecule has 0 aromatic carbocycles. The van der Waals surface area contributed by atoms with Crippen molar-refractivity contribution in [1.82, 2.24) is 4.57 Å². The van der Waals surface area contributed by atoms with Crippen LogP contribution in [0.3, 0.4) is 0 Å². The van der Waals surface area contributed by atoms with E-state index in [4.69, 9.17) is 0 Å². The first-order chi connectivity index (χ1) is 6.91. The molecule has 1 aromatic heterocycles. The number of carbonyl (C=O) groups excluding carboxylic acids is 1. The van der Waals surface area contributed by atoms with Crippen molar-refractivity contribution in [3.05, 3.63) is 23.0 Å². The highest BCUT2D eigenvalue weighted by Crippen LogP contribution is 2.25. The minimum absolute atomic E-state index is 0.286. The average Bonchev–Trinajstić information content (AvgIpc) is 2.45. The number of carbonyl (C=O) groups is 1. The summed E-state index contributed by atoms with van der Waals surface area (Å²) in [4.78, 5) is 10.8. The molecule has 1 aromatic rings. The van der Waals surface area contributed by atoms with Gasteiger partial charge in [0.2, 0.25) is 0 Å². The van der Waals surface area contributed by atoms with E-state index in [2.05, 4.69) is 32.3 Å².